The molecule has 0 spiro atoms. The van der Waals surface area contributed by atoms with Gasteiger partial charge in [0.05, 0.1) is 0 Å². The fourth-order valence-electron chi connectivity index (χ4n) is 0.638. The van der Waals surface area contributed by atoms with Crippen LogP contribution in [0.25, 0.3) is 11.6 Å². The molecule has 0 fully saturated rings. The fraction of sp³-hybridized carbons (Fsp3) is 0.143. The first-order chi connectivity index (χ1) is 4.22. The molecular formula is C7H7ClS. The molecule has 0 saturated carbocycles. The van der Waals surface area contributed by atoms with Gasteiger partial charge in [0, 0.05) is 9.56 Å². The summed E-state index contributed by atoms with van der Waals surface area (Å²) in [5.74, 6) is 0. The molecule has 1 aromatic heterocycles. The second-order valence-electron chi connectivity index (χ2n) is 1.81. The summed E-state index contributed by atoms with van der Waals surface area (Å²) in [5, 5.41) is 3.84. The zero-order valence-corrected chi connectivity index (χ0v) is 6.72. The molecule has 0 atom stereocenters. The molecule has 0 saturated heterocycles. The Morgan fingerprint density at radius 1 is 1.78 bits per heavy atom. The monoisotopic (exact) mass is 158 g/mol. The van der Waals surface area contributed by atoms with Crippen molar-refractivity contribution < 1.29 is 0 Å². The molecule has 48 valence electrons. The van der Waals surface area contributed by atoms with Crippen LogP contribution in [0, 0.1) is 0 Å². The predicted molar refractivity (Wildman–Crippen MR) is 44.0 cm³/mol. The van der Waals surface area contributed by atoms with Crippen LogP contribution >= 0.6 is 22.9 Å². The zero-order chi connectivity index (χ0) is 6.85. The van der Waals surface area contributed by atoms with E-state index < -0.39 is 0 Å². The molecule has 0 amide bonds. The highest BCUT2D eigenvalue weighted by atomic mass is 35.5. The topological polar surface area (TPSA) is 0 Å². The standard InChI is InChI=1S/C7H7ClS/c1-5-3-4-9-7(5)6(2)8/h3-4H,1H2,2H3/b7-6-. The van der Waals surface area contributed by atoms with E-state index in [4.69, 9.17) is 11.6 Å². The fourth-order valence-corrected chi connectivity index (χ4v) is 1.64. The van der Waals surface area contributed by atoms with Gasteiger partial charge in [-0.1, -0.05) is 18.2 Å². The minimum absolute atomic E-state index is 0.829. The van der Waals surface area contributed by atoms with E-state index in [-0.39, 0.29) is 0 Å². The van der Waals surface area contributed by atoms with Crippen LogP contribution in [-0.4, -0.2) is 0 Å². The molecule has 9 heavy (non-hydrogen) atoms. The highest BCUT2D eigenvalue weighted by molar-refractivity contribution is 7.08. The Bertz CT molecular complexity index is 293. The molecule has 0 aromatic carbocycles. The van der Waals surface area contributed by atoms with Gasteiger partial charge in [-0.3, -0.25) is 0 Å². The van der Waals surface area contributed by atoms with Gasteiger partial charge < -0.3 is 0 Å². The smallest absolute Gasteiger partial charge is 0.0478 e. The van der Waals surface area contributed by atoms with E-state index in [0.29, 0.717) is 0 Å². The second kappa shape index (κ2) is 2.54. The van der Waals surface area contributed by atoms with Crippen LogP contribution in [0.1, 0.15) is 6.92 Å². The summed E-state index contributed by atoms with van der Waals surface area (Å²) in [4.78, 5) is 0. The summed E-state index contributed by atoms with van der Waals surface area (Å²) < 4.78 is 1.09. The van der Waals surface area contributed by atoms with Crippen molar-refractivity contribution in [3.8, 4) is 0 Å². The lowest BCUT2D eigenvalue weighted by molar-refractivity contribution is 1.70. The normalized spacial score (nSPS) is 13.6. The van der Waals surface area contributed by atoms with Crippen molar-refractivity contribution in [2.45, 2.75) is 6.92 Å². The number of hydrogen-bond acceptors (Lipinski definition) is 1. The van der Waals surface area contributed by atoms with Crippen molar-refractivity contribution in [3.63, 3.8) is 0 Å². The van der Waals surface area contributed by atoms with Gasteiger partial charge in [0.2, 0.25) is 0 Å². The van der Waals surface area contributed by atoms with Gasteiger partial charge >= 0.3 is 0 Å². The Hall–Kier alpha value is -0.270. The van der Waals surface area contributed by atoms with Gasteiger partial charge in [-0.05, 0) is 23.6 Å². The molecule has 0 aliphatic rings. The first-order valence-corrected chi connectivity index (χ1v) is 3.86. The summed E-state index contributed by atoms with van der Waals surface area (Å²) >= 11 is 7.36. The van der Waals surface area contributed by atoms with Crippen LogP contribution in [0.3, 0.4) is 0 Å². The molecule has 0 N–H and O–H groups in total. The highest BCUT2D eigenvalue weighted by Gasteiger charge is 1.86. The average molecular weight is 159 g/mol. The van der Waals surface area contributed by atoms with Crippen molar-refractivity contribution in [1.29, 1.82) is 0 Å². The van der Waals surface area contributed by atoms with E-state index in [2.05, 4.69) is 6.58 Å². The van der Waals surface area contributed by atoms with Crippen LogP contribution in [0.2, 0.25) is 0 Å². The Morgan fingerprint density at radius 3 is 2.67 bits per heavy atom. The maximum absolute atomic E-state index is 5.74. The zero-order valence-electron chi connectivity index (χ0n) is 5.15. The Morgan fingerprint density at radius 2 is 2.44 bits per heavy atom. The lowest BCUT2D eigenvalue weighted by Crippen LogP contribution is -2.16. The lowest BCUT2D eigenvalue weighted by atomic mass is 10.4. The molecular weight excluding hydrogens is 152 g/mol. The van der Waals surface area contributed by atoms with Crippen molar-refractivity contribution in [3.05, 3.63) is 21.2 Å². The Labute approximate surface area is 63.1 Å². The summed E-state index contributed by atoms with van der Waals surface area (Å²) in [5.41, 5.74) is 0. The molecule has 2 heteroatoms. The molecule has 0 nitrogen and oxygen atoms in total. The number of thiophene rings is 1. The van der Waals surface area contributed by atoms with E-state index in [1.54, 1.807) is 11.3 Å². The van der Waals surface area contributed by atoms with E-state index >= 15 is 0 Å². The van der Waals surface area contributed by atoms with Gasteiger partial charge in [-0.25, -0.2) is 0 Å². The van der Waals surface area contributed by atoms with Gasteiger partial charge in [0.15, 0.2) is 0 Å². The molecule has 0 aliphatic carbocycles. The quantitative estimate of drug-likeness (QED) is 0.537. The lowest BCUT2D eigenvalue weighted by Gasteiger charge is -1.77. The molecule has 0 radical (unpaired) electrons. The van der Waals surface area contributed by atoms with Gasteiger partial charge in [-0.15, -0.1) is 11.3 Å². The molecule has 1 aromatic rings. The summed E-state index contributed by atoms with van der Waals surface area (Å²) in [7, 11) is 0. The summed E-state index contributed by atoms with van der Waals surface area (Å²) in [6.07, 6.45) is 0. The van der Waals surface area contributed by atoms with Crippen LogP contribution in [0.15, 0.2) is 11.4 Å². The van der Waals surface area contributed by atoms with E-state index in [0.717, 1.165) is 14.8 Å². The summed E-state index contributed by atoms with van der Waals surface area (Å²) in [6, 6.07) is 1.96. The van der Waals surface area contributed by atoms with Gasteiger partial charge in [0.1, 0.15) is 0 Å². The minimum Gasteiger partial charge on any atom is -0.143 e. The molecule has 1 rings (SSSR count). The molecule has 0 bridgehead atoms. The van der Waals surface area contributed by atoms with Crippen LogP contribution in [0.5, 0.6) is 0 Å². The largest absolute Gasteiger partial charge is 0.143 e. The number of halogens is 1. The Kier molecular flexibility index (Phi) is 1.94. The van der Waals surface area contributed by atoms with Crippen molar-refractivity contribution in [2.24, 2.45) is 0 Å². The number of rotatable bonds is 0. The highest BCUT2D eigenvalue weighted by Crippen LogP contribution is 1.96. The molecule has 0 unspecified atom stereocenters. The van der Waals surface area contributed by atoms with Gasteiger partial charge in [0.25, 0.3) is 0 Å². The predicted octanol–water partition coefficient (Wildman–Crippen LogP) is 1.53. The third-order valence-corrected chi connectivity index (χ3v) is 2.44. The van der Waals surface area contributed by atoms with Crippen molar-refractivity contribution >= 4 is 34.5 Å². The maximum atomic E-state index is 5.74. The minimum atomic E-state index is 0.829. The SMILES string of the molecule is C=c1ccs/c1=C(/C)Cl. The summed E-state index contributed by atoms with van der Waals surface area (Å²) in [6.45, 7) is 5.68. The first kappa shape index (κ1) is 6.84. The van der Waals surface area contributed by atoms with E-state index in [1.807, 2.05) is 18.4 Å². The molecule has 1 heterocycles. The third kappa shape index (κ3) is 1.35. The van der Waals surface area contributed by atoms with Crippen LogP contribution < -0.4 is 9.75 Å². The Balaban J connectivity index is 3.60. The van der Waals surface area contributed by atoms with E-state index in [1.165, 1.54) is 0 Å². The van der Waals surface area contributed by atoms with Crippen molar-refractivity contribution in [1.82, 2.24) is 0 Å². The van der Waals surface area contributed by atoms with Crippen LogP contribution in [0.4, 0.5) is 0 Å². The number of hydrogen-bond donors (Lipinski definition) is 0. The van der Waals surface area contributed by atoms with Gasteiger partial charge in [-0.2, -0.15) is 0 Å². The van der Waals surface area contributed by atoms with Crippen LogP contribution in [-0.2, 0) is 0 Å². The van der Waals surface area contributed by atoms with Crippen molar-refractivity contribution in [2.75, 3.05) is 0 Å². The third-order valence-electron chi connectivity index (χ3n) is 1.06. The van der Waals surface area contributed by atoms with E-state index in [9.17, 15) is 0 Å². The molecule has 0 aliphatic heterocycles. The maximum Gasteiger partial charge on any atom is 0.0478 e. The first-order valence-electron chi connectivity index (χ1n) is 2.60. The second-order valence-corrected chi connectivity index (χ2v) is 3.29. The average Bonchev–Trinajstić information content (AvgIpc) is 2.13.